The van der Waals surface area contributed by atoms with Crippen molar-refractivity contribution >= 4 is 17.5 Å². The lowest BCUT2D eigenvalue weighted by Gasteiger charge is -2.15. The van der Waals surface area contributed by atoms with Gasteiger partial charge in [0.25, 0.3) is 0 Å². The summed E-state index contributed by atoms with van der Waals surface area (Å²) in [5.74, 6) is -1.41. The van der Waals surface area contributed by atoms with Crippen LogP contribution in [0, 0.1) is 24.5 Å². The molecule has 1 saturated heterocycles. The van der Waals surface area contributed by atoms with Crippen LogP contribution in [0.5, 0.6) is 11.5 Å². The Kier molecular flexibility index (Phi) is 6.26. The van der Waals surface area contributed by atoms with Crippen molar-refractivity contribution in [3.05, 3.63) is 66.3 Å². The van der Waals surface area contributed by atoms with Gasteiger partial charge in [-0.25, -0.2) is 8.78 Å². The van der Waals surface area contributed by atoms with Gasteiger partial charge in [0.2, 0.25) is 11.8 Å². The second-order valence-electron chi connectivity index (χ2n) is 7.05. The maximum absolute atomic E-state index is 13.3. The lowest BCUT2D eigenvalue weighted by Crippen LogP contribution is -2.27. The number of aryl methyl sites for hydroxylation is 1. The van der Waals surface area contributed by atoms with E-state index in [0.29, 0.717) is 30.9 Å². The van der Waals surface area contributed by atoms with Crippen molar-refractivity contribution in [1.82, 2.24) is 4.90 Å². The third-order valence-corrected chi connectivity index (χ3v) is 4.84. The van der Waals surface area contributed by atoms with Crippen LogP contribution in [0.3, 0.4) is 0 Å². The zero-order valence-electron chi connectivity index (χ0n) is 16.1. The van der Waals surface area contributed by atoms with Crippen molar-refractivity contribution < 1.29 is 23.1 Å². The minimum atomic E-state index is -0.983. The highest BCUT2D eigenvalue weighted by Crippen LogP contribution is 2.28. The van der Waals surface area contributed by atoms with E-state index in [9.17, 15) is 18.4 Å². The molecule has 2 aromatic carbocycles. The first-order chi connectivity index (χ1) is 13.9. The fourth-order valence-corrected chi connectivity index (χ4v) is 3.31. The maximum Gasteiger partial charge on any atom is 0.245 e. The van der Waals surface area contributed by atoms with E-state index in [1.165, 1.54) is 12.1 Å². The molecule has 2 amide bonds. The molecule has 1 fully saturated rings. The van der Waals surface area contributed by atoms with Gasteiger partial charge in [0.1, 0.15) is 11.5 Å². The van der Waals surface area contributed by atoms with Crippen LogP contribution in [0.2, 0.25) is 0 Å². The number of rotatable bonds is 6. The number of nitrogens with zero attached hydrogens (tertiary/aromatic N) is 1. The first-order valence-electron chi connectivity index (χ1n) is 9.30. The molecule has 1 aliphatic heterocycles. The molecule has 29 heavy (non-hydrogen) atoms. The summed E-state index contributed by atoms with van der Waals surface area (Å²) in [6.45, 7) is 6.49. The van der Waals surface area contributed by atoms with E-state index in [0.717, 1.165) is 24.1 Å². The number of likely N-dealkylation sites (tertiary alicyclic amines) is 1. The molecular formula is C22H22F2N2O3. The van der Waals surface area contributed by atoms with Crippen LogP contribution in [0.1, 0.15) is 18.4 Å². The Bertz CT molecular complexity index is 946. The quantitative estimate of drug-likeness (QED) is 0.730. The average molecular weight is 400 g/mol. The van der Waals surface area contributed by atoms with Crippen molar-refractivity contribution in [2.75, 3.05) is 18.4 Å². The van der Waals surface area contributed by atoms with Gasteiger partial charge in [-0.1, -0.05) is 6.58 Å². The minimum Gasteiger partial charge on any atom is -0.457 e. The highest BCUT2D eigenvalue weighted by molar-refractivity contribution is 5.92. The largest absolute Gasteiger partial charge is 0.457 e. The molecule has 0 aromatic heterocycles. The smallest absolute Gasteiger partial charge is 0.245 e. The third kappa shape index (κ3) is 5.19. The lowest BCUT2D eigenvalue weighted by atomic mass is 10.0. The van der Waals surface area contributed by atoms with Crippen LogP contribution in [-0.4, -0.2) is 29.8 Å². The van der Waals surface area contributed by atoms with E-state index in [-0.39, 0.29) is 23.5 Å². The molecule has 0 bridgehead atoms. The molecule has 1 N–H and O–H groups in total. The molecule has 7 heteroatoms. The minimum absolute atomic E-state index is 0.111. The van der Waals surface area contributed by atoms with Gasteiger partial charge in [-0.2, -0.15) is 0 Å². The normalized spacial score (nSPS) is 15.8. The van der Waals surface area contributed by atoms with Crippen molar-refractivity contribution in [3.8, 4) is 11.5 Å². The Morgan fingerprint density at radius 3 is 2.62 bits per heavy atom. The Morgan fingerprint density at radius 1 is 1.21 bits per heavy atom. The summed E-state index contributed by atoms with van der Waals surface area (Å²) in [5, 5.41) is 2.88. The van der Waals surface area contributed by atoms with E-state index in [1.54, 1.807) is 23.1 Å². The Balaban J connectivity index is 1.57. The molecule has 2 aromatic rings. The molecule has 0 saturated carbocycles. The Labute approximate surface area is 168 Å². The average Bonchev–Trinajstić information content (AvgIpc) is 3.14. The number of hydrogen-bond donors (Lipinski definition) is 1. The molecule has 1 atom stereocenters. The number of nitrogens with one attached hydrogen (secondary N) is 1. The van der Waals surface area contributed by atoms with Gasteiger partial charge >= 0.3 is 0 Å². The van der Waals surface area contributed by atoms with Crippen LogP contribution >= 0.6 is 0 Å². The van der Waals surface area contributed by atoms with E-state index < -0.39 is 11.6 Å². The summed E-state index contributed by atoms with van der Waals surface area (Å²) in [4.78, 5) is 25.7. The van der Waals surface area contributed by atoms with Gasteiger partial charge in [0, 0.05) is 31.3 Å². The Morgan fingerprint density at radius 2 is 1.93 bits per heavy atom. The molecule has 1 heterocycles. The van der Waals surface area contributed by atoms with Crippen molar-refractivity contribution in [2.45, 2.75) is 19.8 Å². The second-order valence-corrected chi connectivity index (χ2v) is 7.05. The first-order valence-corrected chi connectivity index (χ1v) is 9.30. The van der Waals surface area contributed by atoms with Crippen molar-refractivity contribution in [1.29, 1.82) is 0 Å². The molecule has 5 nitrogen and oxygen atoms in total. The molecule has 0 aliphatic carbocycles. The predicted octanol–water partition coefficient (Wildman–Crippen LogP) is 4.43. The summed E-state index contributed by atoms with van der Waals surface area (Å²) in [5.41, 5.74) is 1.41. The zero-order valence-corrected chi connectivity index (χ0v) is 16.1. The van der Waals surface area contributed by atoms with Gasteiger partial charge in [0.15, 0.2) is 11.6 Å². The van der Waals surface area contributed by atoms with Gasteiger partial charge < -0.3 is 15.0 Å². The molecule has 152 valence electrons. The highest BCUT2D eigenvalue weighted by atomic mass is 19.2. The first kappa shape index (κ1) is 20.5. The number of ether oxygens (including phenoxy) is 1. The van der Waals surface area contributed by atoms with E-state index in [4.69, 9.17) is 4.74 Å². The predicted molar refractivity (Wildman–Crippen MR) is 106 cm³/mol. The summed E-state index contributed by atoms with van der Waals surface area (Å²) in [6, 6.07) is 8.36. The third-order valence-electron chi connectivity index (χ3n) is 4.84. The number of carbonyl (C=O) groups is 2. The van der Waals surface area contributed by atoms with Crippen LogP contribution in [0.4, 0.5) is 14.5 Å². The molecular weight excluding hydrogens is 378 g/mol. The lowest BCUT2D eigenvalue weighted by molar-refractivity contribution is -0.125. The van der Waals surface area contributed by atoms with E-state index in [1.807, 2.05) is 6.92 Å². The van der Waals surface area contributed by atoms with E-state index in [2.05, 4.69) is 11.9 Å². The summed E-state index contributed by atoms with van der Waals surface area (Å²) in [6.07, 6.45) is 2.40. The molecule has 3 rings (SSSR count). The van der Waals surface area contributed by atoms with Crippen molar-refractivity contribution in [3.63, 3.8) is 0 Å². The number of halogens is 2. The maximum atomic E-state index is 13.3. The standard InChI is InChI=1S/C22H22F2N2O3/c1-3-22(28)26-9-8-15(13-26)11-21(27)25-20-7-5-16(10-14(20)2)29-17-4-6-18(23)19(24)12-17/h3-7,10,12,15H,1,8-9,11,13H2,2H3,(H,25,27). The number of carbonyl (C=O) groups excluding carboxylic acids is 2. The summed E-state index contributed by atoms with van der Waals surface area (Å²) >= 11 is 0. The summed E-state index contributed by atoms with van der Waals surface area (Å²) in [7, 11) is 0. The number of anilines is 1. The zero-order chi connectivity index (χ0) is 21.0. The highest BCUT2D eigenvalue weighted by Gasteiger charge is 2.26. The SMILES string of the molecule is C=CC(=O)N1CCC(CC(=O)Nc2ccc(Oc3ccc(F)c(F)c3)cc2C)C1. The van der Waals surface area contributed by atoms with Crippen LogP contribution in [-0.2, 0) is 9.59 Å². The monoisotopic (exact) mass is 400 g/mol. The molecule has 0 radical (unpaired) electrons. The van der Waals surface area contributed by atoms with Gasteiger partial charge in [0.05, 0.1) is 0 Å². The van der Waals surface area contributed by atoms with Crippen LogP contribution < -0.4 is 10.1 Å². The fourth-order valence-electron chi connectivity index (χ4n) is 3.31. The van der Waals surface area contributed by atoms with Gasteiger partial charge in [-0.15, -0.1) is 0 Å². The van der Waals surface area contributed by atoms with Crippen molar-refractivity contribution in [2.24, 2.45) is 5.92 Å². The molecule has 1 aliphatic rings. The van der Waals surface area contributed by atoms with E-state index >= 15 is 0 Å². The van der Waals surface area contributed by atoms with Gasteiger partial charge in [-0.3, -0.25) is 9.59 Å². The number of amides is 2. The Hall–Kier alpha value is -3.22. The van der Waals surface area contributed by atoms with Crippen LogP contribution in [0.25, 0.3) is 0 Å². The number of hydrogen-bond acceptors (Lipinski definition) is 3. The van der Waals surface area contributed by atoms with Gasteiger partial charge in [-0.05, 0) is 61.2 Å². The molecule has 1 unspecified atom stereocenters. The molecule has 0 spiro atoms. The van der Waals surface area contributed by atoms with Crippen LogP contribution in [0.15, 0.2) is 49.1 Å². The number of benzene rings is 2. The fraction of sp³-hybridized carbons (Fsp3) is 0.273. The second kappa shape index (κ2) is 8.86. The topological polar surface area (TPSA) is 58.6 Å². The summed E-state index contributed by atoms with van der Waals surface area (Å²) < 4.78 is 31.8.